The molecule has 4 rings (SSSR count). The molecule has 4 nitrogen and oxygen atoms in total. The number of hydrogen-bond donors (Lipinski definition) is 1. The van der Waals surface area contributed by atoms with E-state index in [4.69, 9.17) is 5.10 Å². The summed E-state index contributed by atoms with van der Waals surface area (Å²) in [7, 11) is 0. The fraction of sp³-hybridized carbons (Fsp3) is 0.158. The number of anilines is 1. The van der Waals surface area contributed by atoms with Gasteiger partial charge in [-0.05, 0) is 24.6 Å². The molecule has 1 aromatic heterocycles. The van der Waals surface area contributed by atoms with Crippen LogP contribution in [-0.4, -0.2) is 21.4 Å². The molecule has 3 aromatic rings. The lowest BCUT2D eigenvalue weighted by atomic mass is 10.0. The van der Waals surface area contributed by atoms with Gasteiger partial charge in [0.1, 0.15) is 5.82 Å². The minimum atomic E-state index is 0.0109. The van der Waals surface area contributed by atoms with Gasteiger partial charge in [-0.2, -0.15) is 5.10 Å². The number of amides is 1. The maximum absolute atomic E-state index is 12.2. The number of para-hydroxylation sites is 1. The van der Waals surface area contributed by atoms with Crippen molar-refractivity contribution in [2.45, 2.75) is 12.2 Å². The molecule has 24 heavy (non-hydrogen) atoms. The minimum Gasteiger partial charge on any atom is -0.310 e. The first-order valence-electron chi connectivity index (χ1n) is 7.85. The zero-order chi connectivity index (χ0) is 16.5. The Hall–Kier alpha value is -2.53. The average Bonchev–Trinajstić information content (AvgIpc) is 2.83. The second kappa shape index (κ2) is 6.17. The van der Waals surface area contributed by atoms with E-state index in [-0.39, 0.29) is 11.2 Å². The van der Waals surface area contributed by atoms with Crippen molar-refractivity contribution in [2.75, 3.05) is 11.1 Å². The topological polar surface area (TPSA) is 46.9 Å². The van der Waals surface area contributed by atoms with Gasteiger partial charge < -0.3 is 5.32 Å². The monoisotopic (exact) mass is 335 g/mol. The smallest absolute Gasteiger partial charge is 0.235 e. The molecule has 2 aromatic carbocycles. The number of hydrogen-bond acceptors (Lipinski definition) is 3. The van der Waals surface area contributed by atoms with Gasteiger partial charge in [0.25, 0.3) is 0 Å². The highest BCUT2D eigenvalue weighted by Gasteiger charge is 2.30. The fourth-order valence-corrected chi connectivity index (χ4v) is 4.22. The second-order valence-corrected chi connectivity index (χ2v) is 6.84. The van der Waals surface area contributed by atoms with Gasteiger partial charge in [0, 0.05) is 5.56 Å². The normalized spacial score (nSPS) is 17.0. The van der Waals surface area contributed by atoms with E-state index in [0.717, 1.165) is 22.8 Å². The van der Waals surface area contributed by atoms with E-state index in [9.17, 15) is 4.79 Å². The lowest BCUT2D eigenvalue weighted by Crippen LogP contribution is -2.15. The lowest BCUT2D eigenvalue weighted by molar-refractivity contribution is -0.113. The van der Waals surface area contributed by atoms with Crippen LogP contribution in [0.15, 0.2) is 60.7 Å². The zero-order valence-electron chi connectivity index (χ0n) is 13.3. The Balaban J connectivity index is 1.90. The predicted octanol–water partition coefficient (Wildman–Crippen LogP) is 3.96. The molecule has 0 saturated carbocycles. The number of carbonyl (C=O) groups excluding carboxylic acids is 1. The highest BCUT2D eigenvalue weighted by molar-refractivity contribution is 8.00. The zero-order valence-corrected chi connectivity index (χ0v) is 14.1. The molecule has 0 radical (unpaired) electrons. The van der Waals surface area contributed by atoms with Crippen LogP contribution in [0.3, 0.4) is 0 Å². The Morgan fingerprint density at radius 1 is 1.08 bits per heavy atom. The minimum absolute atomic E-state index is 0.0109. The van der Waals surface area contributed by atoms with Gasteiger partial charge in [-0.15, -0.1) is 11.8 Å². The van der Waals surface area contributed by atoms with E-state index >= 15 is 0 Å². The van der Waals surface area contributed by atoms with E-state index in [2.05, 4.69) is 17.4 Å². The molecule has 1 amide bonds. The van der Waals surface area contributed by atoms with Crippen LogP contribution < -0.4 is 5.32 Å². The van der Waals surface area contributed by atoms with Crippen molar-refractivity contribution < 1.29 is 4.79 Å². The molecular weight excluding hydrogens is 318 g/mol. The third kappa shape index (κ3) is 2.61. The number of nitrogens with one attached hydrogen (secondary N) is 1. The van der Waals surface area contributed by atoms with Crippen LogP contribution in [0.2, 0.25) is 0 Å². The van der Waals surface area contributed by atoms with Crippen LogP contribution in [-0.2, 0) is 4.79 Å². The van der Waals surface area contributed by atoms with E-state index < -0.39 is 0 Å². The molecule has 1 N–H and O–H groups in total. The summed E-state index contributed by atoms with van der Waals surface area (Å²) < 4.78 is 1.84. The summed E-state index contributed by atoms with van der Waals surface area (Å²) in [5.41, 5.74) is 4.16. The van der Waals surface area contributed by atoms with Gasteiger partial charge in [-0.25, -0.2) is 4.68 Å². The van der Waals surface area contributed by atoms with Crippen molar-refractivity contribution in [2.24, 2.45) is 0 Å². The van der Waals surface area contributed by atoms with E-state index in [1.807, 2.05) is 60.1 Å². The molecule has 0 spiro atoms. The van der Waals surface area contributed by atoms with Crippen molar-refractivity contribution in [3.63, 3.8) is 0 Å². The van der Waals surface area contributed by atoms with Crippen LogP contribution in [0.25, 0.3) is 5.69 Å². The van der Waals surface area contributed by atoms with Gasteiger partial charge in [0.05, 0.1) is 22.4 Å². The summed E-state index contributed by atoms with van der Waals surface area (Å²) in [6.45, 7) is 2.01. The first-order chi connectivity index (χ1) is 11.7. The number of thioether (sulfide) groups is 1. The quantitative estimate of drug-likeness (QED) is 0.771. The number of aromatic nitrogens is 2. The van der Waals surface area contributed by atoms with Crippen molar-refractivity contribution >= 4 is 23.5 Å². The van der Waals surface area contributed by atoms with Crippen molar-refractivity contribution in [3.8, 4) is 5.69 Å². The molecule has 1 aliphatic heterocycles. The lowest BCUT2D eigenvalue weighted by Gasteiger charge is -2.15. The van der Waals surface area contributed by atoms with Gasteiger partial charge in [0.15, 0.2) is 0 Å². The van der Waals surface area contributed by atoms with E-state index in [0.29, 0.717) is 5.75 Å². The molecule has 0 fully saturated rings. The summed E-state index contributed by atoms with van der Waals surface area (Å²) in [5, 5.41) is 7.85. The van der Waals surface area contributed by atoms with Gasteiger partial charge in [-0.1, -0.05) is 48.5 Å². The molecule has 0 unspecified atom stereocenters. The van der Waals surface area contributed by atoms with Gasteiger partial charge in [0.2, 0.25) is 5.91 Å². The summed E-state index contributed by atoms with van der Waals surface area (Å²) >= 11 is 1.65. The number of rotatable bonds is 2. The van der Waals surface area contributed by atoms with Crippen molar-refractivity contribution in [1.29, 1.82) is 0 Å². The van der Waals surface area contributed by atoms with Crippen LogP contribution in [0.1, 0.15) is 22.1 Å². The molecule has 0 saturated heterocycles. The van der Waals surface area contributed by atoms with Crippen molar-refractivity contribution in [1.82, 2.24) is 9.78 Å². The Kier molecular flexibility index (Phi) is 3.86. The van der Waals surface area contributed by atoms with E-state index in [1.165, 1.54) is 5.56 Å². The molecular formula is C19H17N3OS. The van der Waals surface area contributed by atoms with Crippen LogP contribution >= 0.6 is 11.8 Å². The summed E-state index contributed by atoms with van der Waals surface area (Å²) in [4.78, 5) is 12.2. The highest BCUT2D eigenvalue weighted by atomic mass is 32.2. The first-order valence-corrected chi connectivity index (χ1v) is 8.90. The maximum Gasteiger partial charge on any atom is 0.235 e. The molecule has 120 valence electrons. The Bertz CT molecular complexity index is 874. The largest absolute Gasteiger partial charge is 0.310 e. The fourth-order valence-electron chi connectivity index (χ4n) is 3.03. The first kappa shape index (κ1) is 15.0. The molecule has 1 aliphatic rings. The van der Waals surface area contributed by atoms with Crippen LogP contribution in [0, 0.1) is 6.92 Å². The average molecular weight is 335 g/mol. The predicted molar refractivity (Wildman–Crippen MR) is 97.7 cm³/mol. The molecule has 0 bridgehead atoms. The van der Waals surface area contributed by atoms with Gasteiger partial charge >= 0.3 is 0 Å². The maximum atomic E-state index is 12.2. The molecule has 5 heteroatoms. The van der Waals surface area contributed by atoms with E-state index in [1.54, 1.807) is 11.8 Å². The molecule has 2 heterocycles. The third-order valence-electron chi connectivity index (χ3n) is 4.11. The third-order valence-corrected chi connectivity index (χ3v) is 5.38. The number of benzene rings is 2. The summed E-state index contributed by atoms with van der Waals surface area (Å²) in [5.74, 6) is 1.22. The Morgan fingerprint density at radius 3 is 2.46 bits per heavy atom. The number of fused-ring (bicyclic) bond motifs is 1. The summed E-state index contributed by atoms with van der Waals surface area (Å²) in [6.07, 6.45) is 0. The summed E-state index contributed by atoms with van der Waals surface area (Å²) in [6, 6.07) is 20.2. The SMILES string of the molecule is Cc1nn(-c2ccccc2)c2c1[C@H](c1ccccc1)SCC(=O)N2. The standard InChI is InChI=1S/C19H17N3OS/c1-13-17-18(14-8-4-2-5-9-14)24-12-16(23)20-19(17)22(21-13)15-10-6-3-7-11-15/h2-11,18H,12H2,1H3,(H,20,23)/t18-/m0/s1. The number of nitrogens with zero attached hydrogens (tertiary/aromatic N) is 2. The number of carbonyl (C=O) groups is 1. The number of aryl methyl sites for hydroxylation is 1. The van der Waals surface area contributed by atoms with Crippen molar-refractivity contribution in [3.05, 3.63) is 77.5 Å². The Morgan fingerprint density at radius 2 is 1.75 bits per heavy atom. The van der Waals surface area contributed by atoms with Gasteiger partial charge in [-0.3, -0.25) is 4.79 Å². The second-order valence-electron chi connectivity index (χ2n) is 5.74. The highest BCUT2D eigenvalue weighted by Crippen LogP contribution is 2.43. The molecule has 0 aliphatic carbocycles. The van der Waals surface area contributed by atoms with Crippen LogP contribution in [0.4, 0.5) is 5.82 Å². The molecule has 1 atom stereocenters. The Labute approximate surface area is 144 Å². The van der Waals surface area contributed by atoms with Crippen LogP contribution in [0.5, 0.6) is 0 Å².